The number of urea groups is 1. The molecule has 0 unspecified atom stereocenters. The van der Waals surface area contributed by atoms with E-state index in [2.05, 4.69) is 28.6 Å². The Morgan fingerprint density at radius 3 is 2.70 bits per heavy atom. The van der Waals surface area contributed by atoms with Crippen molar-refractivity contribution in [2.75, 3.05) is 39.4 Å². The van der Waals surface area contributed by atoms with Gasteiger partial charge in [-0.25, -0.2) is 4.79 Å². The fraction of sp³-hybridized carbons (Fsp3) is 0.706. The quantitative estimate of drug-likeness (QED) is 0.919. The van der Waals surface area contributed by atoms with Gasteiger partial charge in [-0.05, 0) is 30.7 Å². The summed E-state index contributed by atoms with van der Waals surface area (Å²) in [6.07, 6.45) is 3.07. The minimum absolute atomic E-state index is 0.0886. The molecule has 2 amide bonds. The molecule has 2 aliphatic heterocycles. The molecule has 128 valence electrons. The number of thiophene rings is 1. The van der Waals surface area contributed by atoms with Gasteiger partial charge in [0.1, 0.15) is 0 Å². The summed E-state index contributed by atoms with van der Waals surface area (Å²) in [4.78, 5) is 18.3. The van der Waals surface area contributed by atoms with Gasteiger partial charge in [0.15, 0.2) is 0 Å². The third kappa shape index (κ3) is 4.25. The van der Waals surface area contributed by atoms with E-state index >= 15 is 0 Å². The standard InChI is InChI=1S/C17H27N3O2S/c1-2-15(16-4-3-13-23-16)18-17(21)20-7-5-14(6-8-20)19-9-11-22-12-10-19/h3-4,13-15H,2,5-12H2,1H3,(H,18,21)/t15-/m0/s1. The highest BCUT2D eigenvalue weighted by Gasteiger charge is 2.28. The average Bonchev–Trinajstić information content (AvgIpc) is 3.15. The van der Waals surface area contributed by atoms with Crippen molar-refractivity contribution < 1.29 is 9.53 Å². The third-order valence-electron chi connectivity index (χ3n) is 4.91. The molecular weight excluding hydrogens is 310 g/mol. The smallest absolute Gasteiger partial charge is 0.317 e. The first-order valence-corrected chi connectivity index (χ1v) is 9.56. The maximum atomic E-state index is 12.5. The first-order chi connectivity index (χ1) is 11.3. The van der Waals surface area contributed by atoms with E-state index in [4.69, 9.17) is 4.74 Å². The van der Waals surface area contributed by atoms with Gasteiger partial charge < -0.3 is 15.0 Å². The van der Waals surface area contributed by atoms with Crippen LogP contribution in [0.25, 0.3) is 0 Å². The zero-order valence-corrected chi connectivity index (χ0v) is 14.7. The van der Waals surface area contributed by atoms with Gasteiger partial charge in [-0.3, -0.25) is 4.90 Å². The number of amides is 2. The normalized spacial score (nSPS) is 22.0. The van der Waals surface area contributed by atoms with Crippen LogP contribution >= 0.6 is 11.3 Å². The Morgan fingerprint density at radius 1 is 1.35 bits per heavy atom. The van der Waals surface area contributed by atoms with Gasteiger partial charge in [-0.2, -0.15) is 0 Å². The summed E-state index contributed by atoms with van der Waals surface area (Å²) in [5.74, 6) is 0. The van der Waals surface area contributed by atoms with Crippen LogP contribution in [0.2, 0.25) is 0 Å². The molecule has 6 heteroatoms. The van der Waals surface area contributed by atoms with Crippen LogP contribution in [0, 0.1) is 0 Å². The summed E-state index contributed by atoms with van der Waals surface area (Å²) in [5, 5.41) is 5.26. The topological polar surface area (TPSA) is 44.8 Å². The van der Waals surface area contributed by atoms with Gasteiger partial charge in [-0.15, -0.1) is 11.3 Å². The van der Waals surface area contributed by atoms with E-state index in [1.165, 1.54) is 4.88 Å². The van der Waals surface area contributed by atoms with Crippen LogP contribution in [0.4, 0.5) is 4.79 Å². The number of likely N-dealkylation sites (tertiary alicyclic amines) is 1. The number of hydrogen-bond donors (Lipinski definition) is 1. The molecule has 1 atom stereocenters. The Hall–Kier alpha value is -1.11. The second-order valence-electron chi connectivity index (χ2n) is 6.29. The lowest BCUT2D eigenvalue weighted by atomic mass is 10.0. The van der Waals surface area contributed by atoms with Crippen molar-refractivity contribution in [3.8, 4) is 0 Å². The number of nitrogens with zero attached hydrogens (tertiary/aromatic N) is 2. The predicted octanol–water partition coefficient (Wildman–Crippen LogP) is 2.71. The highest BCUT2D eigenvalue weighted by Crippen LogP contribution is 2.23. The van der Waals surface area contributed by atoms with Gasteiger partial charge in [0.05, 0.1) is 19.3 Å². The summed E-state index contributed by atoms with van der Waals surface area (Å²) in [6, 6.07) is 4.99. The van der Waals surface area contributed by atoms with Crippen molar-refractivity contribution in [1.29, 1.82) is 0 Å². The van der Waals surface area contributed by atoms with Crippen LogP contribution in [0.15, 0.2) is 17.5 Å². The molecule has 1 aromatic heterocycles. The molecule has 2 saturated heterocycles. The zero-order valence-electron chi connectivity index (χ0n) is 13.9. The van der Waals surface area contributed by atoms with Crippen LogP contribution in [0.1, 0.15) is 37.1 Å². The lowest BCUT2D eigenvalue weighted by molar-refractivity contribution is 0.00373. The molecule has 23 heavy (non-hydrogen) atoms. The number of ether oxygens (including phenoxy) is 1. The summed E-state index contributed by atoms with van der Waals surface area (Å²) >= 11 is 1.71. The van der Waals surface area contributed by atoms with Crippen LogP contribution in [-0.4, -0.2) is 61.3 Å². The van der Waals surface area contributed by atoms with Crippen molar-refractivity contribution in [3.63, 3.8) is 0 Å². The monoisotopic (exact) mass is 337 g/mol. The van der Waals surface area contributed by atoms with Crippen molar-refractivity contribution in [1.82, 2.24) is 15.1 Å². The Morgan fingerprint density at radius 2 is 2.09 bits per heavy atom. The maximum Gasteiger partial charge on any atom is 0.317 e. The van der Waals surface area contributed by atoms with E-state index in [1.54, 1.807) is 11.3 Å². The third-order valence-corrected chi connectivity index (χ3v) is 5.89. The van der Waals surface area contributed by atoms with Gasteiger partial charge >= 0.3 is 6.03 Å². The molecule has 0 aromatic carbocycles. The van der Waals surface area contributed by atoms with Crippen LogP contribution in [-0.2, 0) is 4.74 Å². The predicted molar refractivity (Wildman–Crippen MR) is 92.9 cm³/mol. The second kappa shape index (κ2) is 8.13. The van der Waals surface area contributed by atoms with Gasteiger partial charge in [0.25, 0.3) is 0 Å². The molecule has 0 saturated carbocycles. The largest absolute Gasteiger partial charge is 0.379 e. The molecule has 2 fully saturated rings. The first-order valence-electron chi connectivity index (χ1n) is 8.68. The SMILES string of the molecule is CC[C@H](NC(=O)N1CCC(N2CCOCC2)CC1)c1cccs1. The Bertz CT molecular complexity index is 480. The molecular formula is C17H27N3O2S. The number of piperidine rings is 1. The Kier molecular flexibility index (Phi) is 5.91. The molecule has 0 aliphatic carbocycles. The zero-order chi connectivity index (χ0) is 16.1. The average molecular weight is 337 g/mol. The van der Waals surface area contributed by atoms with Crippen molar-refractivity contribution >= 4 is 17.4 Å². The summed E-state index contributed by atoms with van der Waals surface area (Å²) in [7, 11) is 0. The molecule has 1 aromatic rings. The molecule has 2 aliphatic rings. The van der Waals surface area contributed by atoms with Crippen LogP contribution in [0.3, 0.4) is 0 Å². The fourth-order valence-corrected chi connectivity index (χ4v) is 4.34. The van der Waals surface area contributed by atoms with Crippen LogP contribution in [0.5, 0.6) is 0 Å². The van der Waals surface area contributed by atoms with E-state index in [9.17, 15) is 4.79 Å². The number of hydrogen-bond acceptors (Lipinski definition) is 4. The molecule has 5 nitrogen and oxygen atoms in total. The van der Waals surface area contributed by atoms with E-state index in [-0.39, 0.29) is 12.1 Å². The highest BCUT2D eigenvalue weighted by atomic mass is 32.1. The minimum atomic E-state index is 0.0886. The lowest BCUT2D eigenvalue weighted by Gasteiger charge is -2.40. The van der Waals surface area contributed by atoms with E-state index < -0.39 is 0 Å². The Balaban J connectivity index is 1.48. The first kappa shape index (κ1) is 16.7. The highest BCUT2D eigenvalue weighted by molar-refractivity contribution is 7.10. The summed E-state index contributed by atoms with van der Waals surface area (Å²) < 4.78 is 5.43. The van der Waals surface area contributed by atoms with Crippen molar-refractivity contribution in [2.24, 2.45) is 0 Å². The number of nitrogens with one attached hydrogen (secondary N) is 1. The van der Waals surface area contributed by atoms with Crippen molar-refractivity contribution in [3.05, 3.63) is 22.4 Å². The van der Waals surface area contributed by atoms with Gasteiger partial charge in [0, 0.05) is 37.1 Å². The Labute approximate surface area is 142 Å². The fourth-order valence-electron chi connectivity index (χ4n) is 3.48. The molecule has 0 spiro atoms. The summed E-state index contributed by atoms with van der Waals surface area (Å²) in [5.41, 5.74) is 0. The minimum Gasteiger partial charge on any atom is -0.379 e. The number of morpholine rings is 1. The lowest BCUT2D eigenvalue weighted by Crippen LogP contribution is -2.52. The van der Waals surface area contributed by atoms with Gasteiger partial charge in [0.2, 0.25) is 0 Å². The molecule has 3 heterocycles. The second-order valence-corrected chi connectivity index (χ2v) is 7.27. The van der Waals surface area contributed by atoms with Crippen LogP contribution < -0.4 is 5.32 Å². The molecule has 0 radical (unpaired) electrons. The molecule has 0 bridgehead atoms. The number of carbonyl (C=O) groups excluding carboxylic acids is 1. The maximum absolute atomic E-state index is 12.5. The number of carbonyl (C=O) groups is 1. The van der Waals surface area contributed by atoms with E-state index in [0.29, 0.717) is 6.04 Å². The molecule has 1 N–H and O–H groups in total. The summed E-state index contributed by atoms with van der Waals surface area (Å²) in [6.45, 7) is 7.60. The van der Waals surface area contributed by atoms with E-state index in [1.807, 2.05) is 11.0 Å². The number of rotatable bonds is 4. The van der Waals surface area contributed by atoms with Gasteiger partial charge in [-0.1, -0.05) is 13.0 Å². The van der Waals surface area contributed by atoms with E-state index in [0.717, 1.165) is 58.7 Å². The molecule has 3 rings (SSSR count). The van der Waals surface area contributed by atoms with Crippen molar-refractivity contribution in [2.45, 2.75) is 38.3 Å².